The molecular weight excluding hydrogens is 588 g/mol. The van der Waals surface area contributed by atoms with Gasteiger partial charge in [0.05, 0.1) is 0 Å². The Morgan fingerprint density at radius 1 is 0.333 bits per heavy atom. The van der Waals surface area contributed by atoms with Crippen molar-refractivity contribution in [1.29, 1.82) is 0 Å². The lowest BCUT2D eigenvalue weighted by Gasteiger charge is -2.28. The molecule has 0 atom stereocenters. The number of hydrogen-bond donors (Lipinski definition) is 2. The molecule has 0 aliphatic carbocycles. The van der Waals surface area contributed by atoms with Gasteiger partial charge in [0.25, 0.3) is 0 Å². The molecule has 0 spiro atoms. The maximum Gasteiger partial charge on any atom is 0.194 e. The average Bonchev–Trinajstić information content (AvgIpc) is 3.09. The summed E-state index contributed by atoms with van der Waals surface area (Å²) >= 11 is 0. The Morgan fingerprint density at radius 2 is 0.500 bits per heavy atom. The molecule has 0 unspecified atom stereocenters. The van der Waals surface area contributed by atoms with Crippen molar-refractivity contribution in [3.8, 4) is 11.5 Å². The third kappa shape index (κ3) is 10.9. The second-order valence-electron chi connectivity index (χ2n) is 14.4. The highest BCUT2D eigenvalue weighted by molar-refractivity contribution is 6.14. The van der Waals surface area contributed by atoms with E-state index in [0.717, 1.165) is 210 Å². The maximum absolute atomic E-state index is 15.9. The van der Waals surface area contributed by atoms with Crippen LogP contribution >= 0.6 is 0 Å². The van der Waals surface area contributed by atoms with Crippen LogP contribution < -0.4 is 0 Å². The minimum atomic E-state index is 0.190. The van der Waals surface area contributed by atoms with Gasteiger partial charge in [0.15, 0.2) is 5.78 Å². The van der Waals surface area contributed by atoms with Crippen molar-refractivity contribution in [2.45, 2.75) is 209 Å². The fraction of sp³-hybridized carbons (Fsp3) is 0.711. The summed E-state index contributed by atoms with van der Waals surface area (Å²) < 4.78 is 0. The molecule has 0 radical (unpaired) electrons. The molecule has 0 fully saturated rings. The number of unbranched alkanes of at least 4 members (excludes halogenated alkanes) is 8. The maximum atomic E-state index is 15.9. The van der Waals surface area contributed by atoms with Crippen LogP contribution in [0.1, 0.15) is 219 Å². The van der Waals surface area contributed by atoms with Crippen molar-refractivity contribution in [1.82, 2.24) is 0 Å². The molecule has 0 saturated heterocycles. The van der Waals surface area contributed by atoms with Gasteiger partial charge in [-0.2, -0.15) is 0 Å². The molecule has 0 heterocycles. The summed E-state index contributed by atoms with van der Waals surface area (Å²) in [5, 5.41) is 24.2. The Balaban J connectivity index is 3.26. The molecule has 2 N–H and O–H groups in total. The molecule has 2 aromatic carbocycles. The van der Waals surface area contributed by atoms with Crippen LogP contribution in [-0.4, -0.2) is 16.0 Å². The molecule has 0 aromatic heterocycles. The first-order chi connectivity index (χ1) is 23.3. The number of carbonyl (C=O) groups is 1. The molecule has 0 amide bonds. The zero-order valence-corrected chi connectivity index (χ0v) is 32.8. The molecule has 48 heavy (non-hydrogen) atoms. The zero-order chi connectivity index (χ0) is 35.5. The molecule has 3 heteroatoms. The summed E-state index contributed by atoms with van der Waals surface area (Å²) in [4.78, 5) is 15.9. The van der Waals surface area contributed by atoms with Gasteiger partial charge in [-0.05, 0) is 147 Å². The van der Waals surface area contributed by atoms with Crippen molar-refractivity contribution in [3.05, 3.63) is 55.6 Å². The summed E-state index contributed by atoms with van der Waals surface area (Å²) in [6, 6.07) is 0. The smallest absolute Gasteiger partial charge is 0.194 e. The largest absolute Gasteiger partial charge is 0.507 e. The van der Waals surface area contributed by atoms with Crippen LogP contribution in [0.2, 0.25) is 0 Å². The van der Waals surface area contributed by atoms with Crippen LogP contribution in [0.15, 0.2) is 0 Å². The van der Waals surface area contributed by atoms with E-state index in [2.05, 4.69) is 55.4 Å². The number of rotatable bonds is 26. The van der Waals surface area contributed by atoms with E-state index in [9.17, 15) is 10.2 Å². The summed E-state index contributed by atoms with van der Waals surface area (Å²) in [6.07, 6.45) is 23.1. The SMILES string of the molecule is CCCCc1c(O)c(CCCC)c(CCCC)c(C(=O)c2c(CCCC)c(CCCC)c(O)c(CCCC)c2CCCC)c1CCCC. The van der Waals surface area contributed by atoms with Crippen LogP contribution in [-0.2, 0) is 51.4 Å². The number of benzene rings is 2. The Kier molecular flexibility index (Phi) is 20.2. The van der Waals surface area contributed by atoms with Crippen LogP contribution in [0.4, 0.5) is 0 Å². The Morgan fingerprint density at radius 3 is 0.667 bits per heavy atom. The molecule has 2 aromatic rings. The van der Waals surface area contributed by atoms with Gasteiger partial charge in [0.1, 0.15) is 11.5 Å². The minimum absolute atomic E-state index is 0.190. The van der Waals surface area contributed by atoms with Crippen molar-refractivity contribution >= 4 is 5.78 Å². The summed E-state index contributed by atoms with van der Waals surface area (Å²) in [5.41, 5.74) is 10.5. The van der Waals surface area contributed by atoms with Gasteiger partial charge in [-0.25, -0.2) is 0 Å². The van der Waals surface area contributed by atoms with E-state index in [4.69, 9.17) is 0 Å². The third-order valence-corrected chi connectivity index (χ3v) is 10.5. The molecule has 0 bridgehead atoms. The second-order valence-corrected chi connectivity index (χ2v) is 14.4. The van der Waals surface area contributed by atoms with Crippen LogP contribution in [0.25, 0.3) is 0 Å². The van der Waals surface area contributed by atoms with Gasteiger partial charge in [-0.15, -0.1) is 0 Å². The molecule has 0 aliphatic heterocycles. The number of hydrogen-bond acceptors (Lipinski definition) is 3. The minimum Gasteiger partial charge on any atom is -0.507 e. The molecule has 0 aliphatic rings. The molecular formula is C45H74O3. The third-order valence-electron chi connectivity index (χ3n) is 10.5. The van der Waals surface area contributed by atoms with E-state index in [1.54, 1.807) is 0 Å². The van der Waals surface area contributed by atoms with E-state index in [1.165, 1.54) is 0 Å². The van der Waals surface area contributed by atoms with E-state index in [0.29, 0.717) is 11.5 Å². The first-order valence-electron chi connectivity index (χ1n) is 20.6. The van der Waals surface area contributed by atoms with Crippen LogP contribution in [0.5, 0.6) is 11.5 Å². The van der Waals surface area contributed by atoms with Gasteiger partial charge >= 0.3 is 0 Å². The zero-order valence-electron chi connectivity index (χ0n) is 32.8. The van der Waals surface area contributed by atoms with E-state index in [1.807, 2.05) is 0 Å². The molecule has 2 rings (SSSR count). The van der Waals surface area contributed by atoms with Crippen LogP contribution in [0, 0.1) is 0 Å². The van der Waals surface area contributed by atoms with Gasteiger partial charge < -0.3 is 10.2 Å². The van der Waals surface area contributed by atoms with Crippen molar-refractivity contribution in [3.63, 3.8) is 0 Å². The van der Waals surface area contributed by atoms with Crippen molar-refractivity contribution < 1.29 is 15.0 Å². The van der Waals surface area contributed by atoms with Gasteiger partial charge in [-0.3, -0.25) is 4.79 Å². The van der Waals surface area contributed by atoms with Gasteiger partial charge in [-0.1, -0.05) is 107 Å². The summed E-state index contributed by atoms with van der Waals surface area (Å²) in [5.74, 6) is 1.16. The summed E-state index contributed by atoms with van der Waals surface area (Å²) in [6.45, 7) is 17.8. The lowest BCUT2D eigenvalue weighted by molar-refractivity contribution is 0.103. The first kappa shape index (κ1) is 41.9. The fourth-order valence-corrected chi connectivity index (χ4v) is 7.59. The lowest BCUT2D eigenvalue weighted by Crippen LogP contribution is -2.21. The number of phenolic OH excluding ortho intramolecular Hbond substituents is 2. The van der Waals surface area contributed by atoms with Crippen LogP contribution in [0.3, 0.4) is 0 Å². The molecule has 272 valence electrons. The first-order valence-corrected chi connectivity index (χ1v) is 20.6. The molecule has 0 saturated carbocycles. The quantitative estimate of drug-likeness (QED) is 0.0986. The van der Waals surface area contributed by atoms with E-state index in [-0.39, 0.29) is 5.78 Å². The monoisotopic (exact) mass is 663 g/mol. The highest BCUT2D eigenvalue weighted by Gasteiger charge is 2.32. The Bertz CT molecular complexity index is 1080. The predicted molar refractivity (Wildman–Crippen MR) is 209 cm³/mol. The highest BCUT2D eigenvalue weighted by atomic mass is 16.3. The topological polar surface area (TPSA) is 57.5 Å². The summed E-state index contributed by atoms with van der Waals surface area (Å²) in [7, 11) is 0. The van der Waals surface area contributed by atoms with E-state index >= 15 is 4.79 Å². The molecule has 3 nitrogen and oxygen atoms in total. The van der Waals surface area contributed by atoms with E-state index < -0.39 is 0 Å². The predicted octanol–water partition coefficient (Wildman–Crippen LogP) is 13.1. The second kappa shape index (κ2) is 23.2. The van der Waals surface area contributed by atoms with Gasteiger partial charge in [0, 0.05) is 11.1 Å². The number of ketones is 1. The number of carbonyl (C=O) groups excluding carboxylic acids is 1. The normalized spacial score (nSPS) is 11.5. The highest BCUT2D eigenvalue weighted by Crippen LogP contribution is 2.43. The number of aromatic hydroxyl groups is 2. The average molecular weight is 663 g/mol. The fourth-order valence-electron chi connectivity index (χ4n) is 7.59. The Labute approximate surface area is 296 Å². The standard InChI is InChI=1S/C45H74O3/c1-9-17-25-33-37(29-21-13-5)43(46)38(30-22-14-6)34(26-18-10-2)41(33)45(48)42-35(27-19-11-3)39(31-23-15-7)44(47)40(32-24-16-8)36(42)28-20-12-4/h46-47H,9-32H2,1-8H3. The lowest BCUT2D eigenvalue weighted by atomic mass is 9.76. The number of phenols is 2. The van der Waals surface area contributed by atoms with Gasteiger partial charge in [0.2, 0.25) is 0 Å². The van der Waals surface area contributed by atoms with Crippen molar-refractivity contribution in [2.75, 3.05) is 0 Å². The Hall–Kier alpha value is -2.29. The van der Waals surface area contributed by atoms with Crippen molar-refractivity contribution in [2.24, 2.45) is 0 Å².